The number of ketones is 1. The molecule has 0 unspecified atom stereocenters. The predicted octanol–water partition coefficient (Wildman–Crippen LogP) is 4.24. The number of rotatable bonds is 7. The summed E-state index contributed by atoms with van der Waals surface area (Å²) in [5, 5.41) is 0.0754. The number of hydrogen-bond acceptors (Lipinski definition) is 5. The van der Waals surface area contributed by atoms with Crippen LogP contribution in [0.3, 0.4) is 0 Å². The highest BCUT2D eigenvalue weighted by molar-refractivity contribution is 6.47. The summed E-state index contributed by atoms with van der Waals surface area (Å²) >= 11 is 6.30. The van der Waals surface area contributed by atoms with E-state index in [9.17, 15) is 4.79 Å². The second-order valence-electron chi connectivity index (χ2n) is 5.71. The molecule has 26 heavy (non-hydrogen) atoms. The van der Waals surface area contributed by atoms with Crippen LogP contribution in [0.2, 0.25) is 0 Å². The first kappa shape index (κ1) is 19.7. The van der Waals surface area contributed by atoms with Crippen molar-refractivity contribution in [2.45, 2.75) is 0 Å². The maximum absolute atomic E-state index is 12.7. The summed E-state index contributed by atoms with van der Waals surface area (Å²) in [6, 6.07) is 10.5. The molecule has 0 radical (unpaired) electrons. The largest absolute Gasteiger partial charge is 0.497 e. The van der Waals surface area contributed by atoms with E-state index < -0.39 is 0 Å². The molecule has 0 aliphatic carbocycles. The van der Waals surface area contributed by atoms with Gasteiger partial charge >= 0.3 is 0 Å². The first-order chi connectivity index (χ1) is 12.4. The van der Waals surface area contributed by atoms with Crippen molar-refractivity contribution >= 4 is 29.1 Å². The van der Waals surface area contributed by atoms with Gasteiger partial charge in [-0.05, 0) is 42.5 Å². The predicted molar refractivity (Wildman–Crippen MR) is 105 cm³/mol. The summed E-state index contributed by atoms with van der Waals surface area (Å²) < 4.78 is 15.9. The van der Waals surface area contributed by atoms with Crippen LogP contribution in [-0.2, 0) is 0 Å². The van der Waals surface area contributed by atoms with Crippen LogP contribution < -0.4 is 19.1 Å². The summed E-state index contributed by atoms with van der Waals surface area (Å²) in [7, 11) is 8.48. The molecule has 0 N–H and O–H groups in total. The van der Waals surface area contributed by atoms with Gasteiger partial charge in [0.15, 0.2) is 0 Å². The molecule has 0 aliphatic rings. The number of hydrogen-bond donors (Lipinski definition) is 0. The molecule has 138 valence electrons. The van der Waals surface area contributed by atoms with Gasteiger partial charge in [-0.2, -0.15) is 0 Å². The van der Waals surface area contributed by atoms with E-state index in [0.717, 1.165) is 5.69 Å². The molecular formula is C20H22ClNO4. The lowest BCUT2D eigenvalue weighted by molar-refractivity contribution is 0.104. The van der Waals surface area contributed by atoms with Gasteiger partial charge in [0.1, 0.15) is 17.2 Å². The smallest absolute Gasteiger partial charge is 0.204 e. The molecule has 2 aromatic rings. The fourth-order valence-electron chi connectivity index (χ4n) is 2.47. The van der Waals surface area contributed by atoms with Gasteiger partial charge in [-0.25, -0.2) is 0 Å². The van der Waals surface area contributed by atoms with Gasteiger partial charge in [0, 0.05) is 25.2 Å². The van der Waals surface area contributed by atoms with Crippen LogP contribution >= 0.6 is 11.6 Å². The molecule has 0 fully saturated rings. The highest BCUT2D eigenvalue weighted by Crippen LogP contribution is 2.31. The van der Waals surface area contributed by atoms with Crippen LogP contribution in [0.4, 0.5) is 5.69 Å². The number of Topliss-reactive ketones (excluding diaryl/α,β-unsaturated/α-hetero) is 1. The topological polar surface area (TPSA) is 48.0 Å². The lowest BCUT2D eigenvalue weighted by Gasteiger charge is -2.17. The van der Waals surface area contributed by atoms with E-state index in [-0.39, 0.29) is 10.8 Å². The van der Waals surface area contributed by atoms with Gasteiger partial charge < -0.3 is 19.1 Å². The molecule has 0 aliphatic heterocycles. The number of benzene rings is 2. The Morgan fingerprint density at radius 2 is 1.62 bits per heavy atom. The van der Waals surface area contributed by atoms with Crippen LogP contribution in [0, 0.1) is 0 Å². The maximum atomic E-state index is 12.7. The molecule has 0 amide bonds. The average molecular weight is 376 g/mol. The zero-order valence-corrected chi connectivity index (χ0v) is 16.3. The van der Waals surface area contributed by atoms with Crippen LogP contribution in [0.15, 0.2) is 41.4 Å². The van der Waals surface area contributed by atoms with Gasteiger partial charge in [-0.15, -0.1) is 0 Å². The zero-order valence-electron chi connectivity index (χ0n) is 15.5. The van der Waals surface area contributed by atoms with E-state index in [1.165, 1.54) is 0 Å². The van der Waals surface area contributed by atoms with Crippen molar-refractivity contribution in [3.63, 3.8) is 0 Å². The van der Waals surface area contributed by atoms with Gasteiger partial charge in [0.2, 0.25) is 5.78 Å². The first-order valence-corrected chi connectivity index (χ1v) is 8.28. The summed E-state index contributed by atoms with van der Waals surface area (Å²) in [5.41, 5.74) is 1.92. The molecule has 0 saturated carbocycles. The van der Waals surface area contributed by atoms with E-state index in [1.807, 2.05) is 19.0 Å². The van der Waals surface area contributed by atoms with Gasteiger partial charge in [-0.1, -0.05) is 11.6 Å². The van der Waals surface area contributed by atoms with Crippen molar-refractivity contribution in [1.29, 1.82) is 0 Å². The molecular weight excluding hydrogens is 354 g/mol. The van der Waals surface area contributed by atoms with Crippen LogP contribution in [-0.4, -0.2) is 41.2 Å². The van der Waals surface area contributed by atoms with Crippen LogP contribution in [0.5, 0.6) is 17.2 Å². The summed E-state index contributed by atoms with van der Waals surface area (Å²) in [6.07, 6.45) is 1.57. The van der Waals surface area contributed by atoms with Crippen molar-refractivity contribution in [1.82, 2.24) is 0 Å². The van der Waals surface area contributed by atoms with Crippen molar-refractivity contribution in [3.05, 3.63) is 52.6 Å². The van der Waals surface area contributed by atoms with Crippen molar-refractivity contribution < 1.29 is 19.0 Å². The summed E-state index contributed by atoms with van der Waals surface area (Å²) in [5.74, 6) is 1.64. The summed E-state index contributed by atoms with van der Waals surface area (Å²) in [6.45, 7) is 0. The third-order valence-corrected chi connectivity index (χ3v) is 4.14. The monoisotopic (exact) mass is 375 g/mol. The van der Waals surface area contributed by atoms with Crippen molar-refractivity contribution in [2.75, 3.05) is 40.3 Å². The molecule has 0 atom stereocenters. The number of methoxy groups -OCH3 is 3. The van der Waals surface area contributed by atoms with Crippen molar-refractivity contribution in [3.8, 4) is 17.2 Å². The van der Waals surface area contributed by atoms with E-state index in [2.05, 4.69) is 0 Å². The number of nitrogens with zero attached hydrogens (tertiary/aromatic N) is 1. The van der Waals surface area contributed by atoms with Crippen LogP contribution in [0.1, 0.15) is 15.9 Å². The SMILES string of the molecule is COc1ccc(OC)c(/C=C(/Cl)C(=O)c2ccc(OC)c(N(C)C)c2)c1. The Labute approximate surface area is 158 Å². The van der Waals surface area contributed by atoms with Gasteiger partial charge in [-0.3, -0.25) is 4.79 Å². The second kappa shape index (κ2) is 8.63. The number of halogens is 1. The first-order valence-electron chi connectivity index (χ1n) is 7.90. The standard InChI is InChI=1S/C20H22ClNO4/c1-22(2)17-12-13(6-8-19(17)26-5)20(23)16(21)11-14-10-15(24-3)7-9-18(14)25-4/h6-12H,1-5H3/b16-11+. The third-order valence-electron chi connectivity index (χ3n) is 3.86. The molecule has 0 bridgehead atoms. The second-order valence-corrected chi connectivity index (χ2v) is 6.12. The molecule has 2 aromatic carbocycles. The van der Waals surface area contributed by atoms with Gasteiger partial charge in [0.05, 0.1) is 32.0 Å². The highest BCUT2D eigenvalue weighted by atomic mass is 35.5. The zero-order chi connectivity index (χ0) is 19.3. The third kappa shape index (κ3) is 4.29. The Hall–Kier alpha value is -2.66. The molecule has 0 heterocycles. The van der Waals surface area contributed by atoms with E-state index in [4.69, 9.17) is 25.8 Å². The molecule has 0 spiro atoms. The highest BCUT2D eigenvalue weighted by Gasteiger charge is 2.15. The molecule has 2 rings (SSSR count). The normalized spacial score (nSPS) is 11.1. The molecule has 5 nitrogen and oxygen atoms in total. The Bertz CT molecular complexity index is 831. The minimum atomic E-state index is -0.290. The maximum Gasteiger partial charge on any atom is 0.204 e. The summed E-state index contributed by atoms with van der Waals surface area (Å²) in [4.78, 5) is 14.6. The Morgan fingerprint density at radius 3 is 2.19 bits per heavy atom. The Morgan fingerprint density at radius 1 is 0.962 bits per heavy atom. The van der Waals surface area contributed by atoms with Crippen molar-refractivity contribution in [2.24, 2.45) is 0 Å². The molecule has 0 aromatic heterocycles. The minimum absolute atomic E-state index is 0.0754. The number of carbonyl (C=O) groups excluding carboxylic acids is 1. The Kier molecular flexibility index (Phi) is 6.52. The fraction of sp³-hybridized carbons (Fsp3) is 0.250. The number of ether oxygens (including phenoxy) is 3. The average Bonchev–Trinajstić information content (AvgIpc) is 2.66. The lowest BCUT2D eigenvalue weighted by Crippen LogP contribution is -2.11. The number of carbonyl (C=O) groups is 1. The van der Waals surface area contributed by atoms with E-state index in [0.29, 0.717) is 28.4 Å². The number of anilines is 1. The van der Waals surface area contributed by atoms with E-state index >= 15 is 0 Å². The molecule has 6 heteroatoms. The molecule has 0 saturated heterocycles. The minimum Gasteiger partial charge on any atom is -0.497 e. The lowest BCUT2D eigenvalue weighted by atomic mass is 10.1. The number of allylic oxidation sites excluding steroid dienone is 1. The van der Waals surface area contributed by atoms with Gasteiger partial charge in [0.25, 0.3) is 0 Å². The fourth-order valence-corrected chi connectivity index (χ4v) is 2.70. The van der Waals surface area contributed by atoms with Crippen LogP contribution in [0.25, 0.3) is 6.08 Å². The van der Waals surface area contributed by atoms with E-state index in [1.54, 1.807) is 63.8 Å². The Balaban J connectivity index is 2.41. The quantitative estimate of drug-likeness (QED) is 0.535.